The molecule has 0 heterocycles. The molecule has 1 aliphatic rings. The molecule has 1 aromatic rings. The summed E-state index contributed by atoms with van der Waals surface area (Å²) in [5, 5.41) is 0. The molecule has 18 heavy (non-hydrogen) atoms. The summed E-state index contributed by atoms with van der Waals surface area (Å²) in [6.45, 7) is 5.89. The van der Waals surface area contributed by atoms with Crippen LogP contribution in [-0.4, -0.2) is 0 Å². The van der Waals surface area contributed by atoms with Crippen LogP contribution in [0.15, 0.2) is 18.2 Å². The van der Waals surface area contributed by atoms with Crippen molar-refractivity contribution in [1.82, 2.24) is 0 Å². The molecule has 0 nitrogen and oxygen atoms in total. The van der Waals surface area contributed by atoms with E-state index < -0.39 is 6.43 Å². The van der Waals surface area contributed by atoms with Gasteiger partial charge in [0.2, 0.25) is 0 Å². The lowest BCUT2D eigenvalue weighted by atomic mass is 10.0. The van der Waals surface area contributed by atoms with Crippen molar-refractivity contribution in [3.05, 3.63) is 34.9 Å². The molecule has 0 bridgehead atoms. The third-order valence-corrected chi connectivity index (χ3v) is 2.75. The smallest absolute Gasteiger partial charge is 0.205 e. The fraction of sp³-hybridized carbons (Fsp3) is 0.500. The van der Waals surface area contributed by atoms with E-state index in [1.807, 2.05) is 20.8 Å². The van der Waals surface area contributed by atoms with Crippen LogP contribution in [0.5, 0.6) is 0 Å². The maximum atomic E-state index is 12.7. The van der Waals surface area contributed by atoms with E-state index in [0.717, 1.165) is 12.0 Å². The molecule has 0 aromatic heterocycles. The van der Waals surface area contributed by atoms with E-state index in [0.29, 0.717) is 11.5 Å². The van der Waals surface area contributed by atoms with Crippen LogP contribution in [0.3, 0.4) is 0 Å². The van der Waals surface area contributed by atoms with Crippen LogP contribution in [-0.2, 0) is 0 Å². The molecule has 0 N–H and O–H groups in total. The molecule has 0 spiro atoms. The van der Waals surface area contributed by atoms with Gasteiger partial charge in [0.15, 0.2) is 0 Å². The second kappa shape index (κ2) is 7.16. The first-order valence-corrected chi connectivity index (χ1v) is 6.54. The van der Waals surface area contributed by atoms with E-state index in [1.165, 1.54) is 18.9 Å². The predicted molar refractivity (Wildman–Crippen MR) is 71.7 cm³/mol. The van der Waals surface area contributed by atoms with Crippen molar-refractivity contribution < 1.29 is 8.78 Å². The zero-order valence-corrected chi connectivity index (χ0v) is 11.3. The zero-order valence-electron chi connectivity index (χ0n) is 11.3. The Morgan fingerprint density at radius 3 is 2.50 bits per heavy atom. The summed E-state index contributed by atoms with van der Waals surface area (Å²) in [5.41, 5.74) is 1.50. The first kappa shape index (κ1) is 14.7. The molecule has 0 atom stereocenters. The molecule has 1 fully saturated rings. The molecule has 0 amide bonds. The van der Waals surface area contributed by atoms with Gasteiger partial charge in [-0.25, -0.2) is 8.78 Å². The Bertz CT molecular complexity index is 434. The predicted octanol–water partition coefficient (Wildman–Crippen LogP) is 5.11. The number of benzene rings is 1. The lowest BCUT2D eigenvalue weighted by molar-refractivity contribution is 0.151. The summed E-state index contributed by atoms with van der Waals surface area (Å²) in [6, 6.07) is 4.91. The molecule has 0 radical (unpaired) electrons. The maximum absolute atomic E-state index is 12.7. The van der Waals surface area contributed by atoms with Gasteiger partial charge >= 0.3 is 0 Å². The maximum Gasteiger partial charge on any atom is 0.265 e. The van der Waals surface area contributed by atoms with Gasteiger partial charge in [-0.05, 0) is 37.3 Å². The minimum Gasteiger partial charge on any atom is -0.205 e. The summed E-state index contributed by atoms with van der Waals surface area (Å²) in [6.07, 6.45) is 0.885. The molecule has 2 heteroatoms. The fourth-order valence-corrected chi connectivity index (χ4v) is 1.58. The lowest BCUT2D eigenvalue weighted by Gasteiger charge is -2.04. The van der Waals surface area contributed by atoms with Gasteiger partial charge < -0.3 is 0 Å². The Morgan fingerprint density at radius 2 is 1.94 bits per heavy atom. The van der Waals surface area contributed by atoms with Crippen molar-refractivity contribution in [3.63, 3.8) is 0 Å². The van der Waals surface area contributed by atoms with Crippen LogP contribution in [0.1, 0.15) is 56.2 Å². The van der Waals surface area contributed by atoms with Crippen molar-refractivity contribution in [1.29, 1.82) is 0 Å². The first-order chi connectivity index (χ1) is 8.66. The topological polar surface area (TPSA) is 0 Å². The third kappa shape index (κ3) is 4.49. The van der Waals surface area contributed by atoms with E-state index in [9.17, 15) is 8.78 Å². The molecule has 1 aromatic carbocycles. The van der Waals surface area contributed by atoms with Gasteiger partial charge in [0.05, 0.1) is 0 Å². The first-order valence-electron chi connectivity index (χ1n) is 6.54. The Balaban J connectivity index is 0.000000771. The summed E-state index contributed by atoms with van der Waals surface area (Å²) < 4.78 is 25.4. The molecule has 98 valence electrons. The van der Waals surface area contributed by atoms with Gasteiger partial charge in [-0.15, -0.1) is 0 Å². The van der Waals surface area contributed by atoms with E-state index in [1.54, 1.807) is 12.1 Å². The zero-order chi connectivity index (χ0) is 13.5. The SMILES string of the molecule is CC.Cc1ccc(C(F)F)c(C#CCC2CC2)c1. The van der Waals surface area contributed by atoms with E-state index in [4.69, 9.17) is 0 Å². The summed E-state index contributed by atoms with van der Waals surface area (Å²) in [7, 11) is 0. The summed E-state index contributed by atoms with van der Waals surface area (Å²) >= 11 is 0. The van der Waals surface area contributed by atoms with Crippen molar-refractivity contribution in [2.75, 3.05) is 0 Å². The van der Waals surface area contributed by atoms with Crippen LogP contribution in [0, 0.1) is 24.7 Å². The Kier molecular flexibility index (Phi) is 5.85. The van der Waals surface area contributed by atoms with E-state index in [2.05, 4.69) is 11.8 Å². The van der Waals surface area contributed by atoms with Crippen LogP contribution < -0.4 is 0 Å². The normalized spacial score (nSPS) is 13.4. The van der Waals surface area contributed by atoms with Crippen LogP contribution in [0.4, 0.5) is 8.78 Å². The van der Waals surface area contributed by atoms with Crippen LogP contribution >= 0.6 is 0 Å². The summed E-state index contributed by atoms with van der Waals surface area (Å²) in [5.74, 6) is 6.59. The Labute approximate surface area is 108 Å². The van der Waals surface area contributed by atoms with Gasteiger partial charge in [-0.1, -0.05) is 37.8 Å². The Morgan fingerprint density at radius 1 is 1.28 bits per heavy atom. The minimum absolute atomic E-state index is 0.0499. The van der Waals surface area contributed by atoms with Gasteiger partial charge in [0.1, 0.15) is 0 Å². The van der Waals surface area contributed by atoms with Gasteiger partial charge in [-0.2, -0.15) is 0 Å². The van der Waals surface area contributed by atoms with Crippen molar-refractivity contribution in [3.8, 4) is 11.8 Å². The highest BCUT2D eigenvalue weighted by atomic mass is 19.3. The second-order valence-electron chi connectivity index (χ2n) is 4.34. The average molecular weight is 250 g/mol. The molecule has 1 aliphatic carbocycles. The number of aryl methyl sites for hydroxylation is 1. The second-order valence-corrected chi connectivity index (χ2v) is 4.34. The van der Waals surface area contributed by atoms with E-state index in [-0.39, 0.29) is 5.56 Å². The Hall–Kier alpha value is -1.36. The monoisotopic (exact) mass is 250 g/mol. The molecular formula is C16H20F2. The molecular weight excluding hydrogens is 230 g/mol. The highest BCUT2D eigenvalue weighted by molar-refractivity contribution is 5.44. The van der Waals surface area contributed by atoms with Crippen molar-refractivity contribution in [2.45, 2.75) is 46.5 Å². The van der Waals surface area contributed by atoms with Gasteiger partial charge in [-0.3, -0.25) is 0 Å². The number of alkyl halides is 2. The summed E-state index contributed by atoms with van der Waals surface area (Å²) in [4.78, 5) is 0. The van der Waals surface area contributed by atoms with Gasteiger partial charge in [0, 0.05) is 17.5 Å². The van der Waals surface area contributed by atoms with Crippen molar-refractivity contribution in [2.24, 2.45) is 5.92 Å². The van der Waals surface area contributed by atoms with Crippen LogP contribution in [0.2, 0.25) is 0 Å². The highest BCUT2D eigenvalue weighted by Gasteiger charge is 2.19. The van der Waals surface area contributed by atoms with Gasteiger partial charge in [0.25, 0.3) is 6.43 Å². The molecule has 0 saturated heterocycles. The average Bonchev–Trinajstić information content (AvgIpc) is 3.15. The molecule has 2 rings (SSSR count). The number of halogens is 2. The minimum atomic E-state index is -2.44. The highest BCUT2D eigenvalue weighted by Crippen LogP contribution is 2.31. The largest absolute Gasteiger partial charge is 0.265 e. The van der Waals surface area contributed by atoms with Crippen molar-refractivity contribution >= 4 is 0 Å². The molecule has 0 unspecified atom stereocenters. The molecule has 0 aliphatic heterocycles. The lowest BCUT2D eigenvalue weighted by Crippen LogP contribution is -1.91. The number of hydrogen-bond donors (Lipinski definition) is 0. The number of rotatable bonds is 2. The number of hydrogen-bond acceptors (Lipinski definition) is 0. The quantitative estimate of drug-likeness (QED) is 0.640. The van der Waals surface area contributed by atoms with E-state index >= 15 is 0 Å². The van der Waals surface area contributed by atoms with Crippen LogP contribution in [0.25, 0.3) is 0 Å². The molecule has 1 saturated carbocycles. The fourth-order valence-electron chi connectivity index (χ4n) is 1.58. The third-order valence-electron chi connectivity index (χ3n) is 2.75. The standard InChI is InChI=1S/C14H14F2.C2H6/c1-10-5-8-13(14(15)16)12(9-10)4-2-3-11-6-7-11;1-2/h5,8-9,11,14H,3,6-7H2,1H3;1-2H3.